The van der Waals surface area contributed by atoms with Crippen molar-refractivity contribution in [2.75, 3.05) is 0 Å². The third-order valence-corrected chi connectivity index (χ3v) is 12.0. The fraction of sp³-hybridized carbons (Fsp3) is 0. The van der Waals surface area contributed by atoms with Crippen molar-refractivity contribution in [3.63, 3.8) is 0 Å². The summed E-state index contributed by atoms with van der Waals surface area (Å²) < 4.78 is 6.79. The molecule has 0 saturated heterocycles. The van der Waals surface area contributed by atoms with Gasteiger partial charge in [-0.05, 0) is 0 Å². The molecule has 0 radical (unpaired) electrons. The average Bonchev–Trinajstić information content (AvgIpc) is 3.85. The fourth-order valence-electron chi connectivity index (χ4n) is 7.61. The molecule has 0 aliphatic rings. The fourth-order valence-corrected chi connectivity index (χ4v) is 9.52. The number of pyridine rings is 1. The van der Waals surface area contributed by atoms with Gasteiger partial charge in [-0.15, -0.1) is 0 Å². The van der Waals surface area contributed by atoms with Crippen LogP contribution in [0, 0.1) is 0 Å². The number of nitrogens with zero attached hydrogens (tertiary/aromatic N) is 6. The predicted molar refractivity (Wildman–Crippen MR) is 209 cm³/mol. The predicted octanol–water partition coefficient (Wildman–Crippen LogP) is 10.2. The third-order valence-electron chi connectivity index (χ3n) is 9.91. The van der Waals surface area contributed by atoms with Gasteiger partial charge in [0.25, 0.3) is 0 Å². The van der Waals surface area contributed by atoms with Crippen LogP contribution in [0.3, 0.4) is 0 Å². The zero-order valence-electron chi connectivity index (χ0n) is 27.1. The van der Waals surface area contributed by atoms with E-state index in [1.54, 1.807) is 0 Å². The molecule has 0 spiro atoms. The number of fused-ring (bicyclic) bond motifs is 9. The molecule has 11 aromatic rings. The van der Waals surface area contributed by atoms with Crippen LogP contribution in [0.25, 0.3) is 97.2 Å². The Hall–Kier alpha value is -6.40. The van der Waals surface area contributed by atoms with Gasteiger partial charge in [-0.3, -0.25) is 0 Å². The van der Waals surface area contributed by atoms with E-state index in [0.717, 1.165) is 54.4 Å². The standard InChI is InChI=1S/C44H26N6Se/c1-3-11-29(12-4-1)49-37-17-9-7-15-31(37)33-23-27(19-21-39(33)49)36-25-35-41(26-45-36)51-44-42(35)46-43(47-48-44)28-20-22-40-34(24-28)32-16-8-10-18-38(32)50(40)30-13-5-2-6-14-30/h1-26H. The zero-order chi connectivity index (χ0) is 33.5. The summed E-state index contributed by atoms with van der Waals surface area (Å²) in [7, 11) is 0. The van der Waals surface area contributed by atoms with Crippen molar-refractivity contribution < 1.29 is 0 Å². The van der Waals surface area contributed by atoms with Gasteiger partial charge in [0.15, 0.2) is 0 Å². The Morgan fingerprint density at radius 1 is 0.451 bits per heavy atom. The second-order valence-corrected chi connectivity index (χ2v) is 15.0. The van der Waals surface area contributed by atoms with E-state index in [0.29, 0.717) is 5.82 Å². The van der Waals surface area contributed by atoms with Crippen LogP contribution >= 0.6 is 0 Å². The monoisotopic (exact) mass is 718 g/mol. The van der Waals surface area contributed by atoms with Gasteiger partial charge in [0.05, 0.1) is 0 Å². The number of hydrogen-bond acceptors (Lipinski definition) is 4. The van der Waals surface area contributed by atoms with Crippen molar-refractivity contribution in [2.24, 2.45) is 0 Å². The van der Waals surface area contributed by atoms with Crippen LogP contribution in [-0.4, -0.2) is 43.8 Å². The molecule has 0 aliphatic carbocycles. The van der Waals surface area contributed by atoms with Crippen molar-refractivity contribution in [3.8, 4) is 34.0 Å². The molecule has 11 rings (SSSR count). The van der Waals surface area contributed by atoms with Crippen molar-refractivity contribution in [1.82, 2.24) is 29.3 Å². The van der Waals surface area contributed by atoms with Crippen LogP contribution < -0.4 is 0 Å². The maximum atomic E-state index is 5.18. The molecule has 238 valence electrons. The molecular formula is C44H26N6Se. The minimum absolute atomic E-state index is 0.00511. The van der Waals surface area contributed by atoms with Crippen LogP contribution in [0.5, 0.6) is 0 Å². The minimum atomic E-state index is -0.00511. The first-order valence-corrected chi connectivity index (χ1v) is 18.6. The molecule has 0 amide bonds. The molecule has 0 fully saturated rings. The first kappa shape index (κ1) is 28.4. The van der Waals surface area contributed by atoms with Gasteiger partial charge in [-0.1, -0.05) is 12.1 Å². The molecule has 0 unspecified atom stereocenters. The van der Waals surface area contributed by atoms with Crippen LogP contribution in [-0.2, 0) is 0 Å². The number of para-hydroxylation sites is 4. The van der Waals surface area contributed by atoms with Crippen LogP contribution in [0.15, 0.2) is 158 Å². The van der Waals surface area contributed by atoms with Gasteiger partial charge in [0.2, 0.25) is 0 Å². The van der Waals surface area contributed by atoms with Crippen molar-refractivity contribution in [3.05, 3.63) is 158 Å². The molecule has 6 aromatic carbocycles. The van der Waals surface area contributed by atoms with E-state index < -0.39 is 0 Å². The Bertz CT molecular complexity index is 2930. The number of hydrogen-bond donors (Lipinski definition) is 0. The van der Waals surface area contributed by atoms with Gasteiger partial charge in [-0.25, -0.2) is 0 Å². The van der Waals surface area contributed by atoms with E-state index in [1.807, 2.05) is 6.20 Å². The van der Waals surface area contributed by atoms with Crippen LogP contribution in [0.4, 0.5) is 0 Å². The zero-order valence-corrected chi connectivity index (χ0v) is 28.8. The van der Waals surface area contributed by atoms with Crippen molar-refractivity contribution in [2.45, 2.75) is 0 Å². The molecule has 0 N–H and O–H groups in total. The van der Waals surface area contributed by atoms with Gasteiger partial charge in [0.1, 0.15) is 0 Å². The van der Waals surface area contributed by atoms with Gasteiger partial charge >= 0.3 is 287 Å². The third kappa shape index (κ3) is 4.36. The van der Waals surface area contributed by atoms with Crippen molar-refractivity contribution >= 4 is 77.7 Å². The summed E-state index contributed by atoms with van der Waals surface area (Å²) in [5.74, 6) is 0.629. The topological polar surface area (TPSA) is 61.4 Å². The van der Waals surface area contributed by atoms with E-state index in [9.17, 15) is 0 Å². The summed E-state index contributed by atoms with van der Waals surface area (Å²) in [4.78, 5) is 10.1. The molecule has 51 heavy (non-hydrogen) atoms. The molecule has 6 nitrogen and oxygen atoms in total. The molecule has 5 heterocycles. The summed E-state index contributed by atoms with van der Waals surface area (Å²) in [6.07, 6.45) is 2.01. The van der Waals surface area contributed by atoms with Crippen molar-refractivity contribution in [1.29, 1.82) is 0 Å². The maximum absolute atomic E-state index is 5.18. The summed E-state index contributed by atoms with van der Waals surface area (Å²) >= 11 is -0.00511. The van der Waals surface area contributed by atoms with E-state index in [4.69, 9.17) is 15.1 Å². The van der Waals surface area contributed by atoms with E-state index in [2.05, 4.69) is 166 Å². The summed E-state index contributed by atoms with van der Waals surface area (Å²) in [5, 5.41) is 15.3. The molecule has 0 atom stereocenters. The van der Waals surface area contributed by atoms with Gasteiger partial charge in [-0.2, -0.15) is 0 Å². The number of benzene rings is 6. The number of aromatic nitrogens is 6. The normalized spacial score (nSPS) is 11.9. The molecule has 0 bridgehead atoms. The summed E-state index contributed by atoms with van der Waals surface area (Å²) in [6, 6.07) is 53.6. The first-order chi connectivity index (χ1) is 25.3. The summed E-state index contributed by atoms with van der Waals surface area (Å²) in [6.45, 7) is 0. The number of rotatable bonds is 4. The summed E-state index contributed by atoms with van der Waals surface area (Å²) in [5.41, 5.74) is 10.8. The molecule has 5 aromatic heterocycles. The molecule has 0 saturated carbocycles. The van der Waals surface area contributed by atoms with Crippen LogP contribution in [0.2, 0.25) is 0 Å². The Labute approximate surface area is 297 Å². The van der Waals surface area contributed by atoms with Gasteiger partial charge < -0.3 is 0 Å². The van der Waals surface area contributed by atoms with E-state index in [1.165, 1.54) is 37.0 Å². The second kappa shape index (κ2) is 11.1. The van der Waals surface area contributed by atoms with Gasteiger partial charge in [0, 0.05) is 0 Å². The first-order valence-electron chi connectivity index (χ1n) is 16.9. The SMILES string of the molecule is c1ccc(-n2c3ccccc3c3cc(-c4cc5c(cn4)[se]c4nnc(-c6ccc7c(c6)c6ccccc6n7-c6ccccc6)nc45)ccc32)cc1. The molecule has 0 aliphatic heterocycles. The molecule has 7 heteroatoms. The molecular weight excluding hydrogens is 691 g/mol. The Morgan fingerprint density at radius 2 is 1.00 bits per heavy atom. The Morgan fingerprint density at radius 3 is 1.65 bits per heavy atom. The van der Waals surface area contributed by atoms with Crippen LogP contribution in [0.1, 0.15) is 0 Å². The Kier molecular flexibility index (Phi) is 6.16. The quantitative estimate of drug-likeness (QED) is 0.170. The van der Waals surface area contributed by atoms with E-state index >= 15 is 0 Å². The second-order valence-electron chi connectivity index (χ2n) is 12.8. The Balaban J connectivity index is 1.04. The van der Waals surface area contributed by atoms with E-state index in [-0.39, 0.29) is 14.5 Å². The average molecular weight is 718 g/mol.